The summed E-state index contributed by atoms with van der Waals surface area (Å²) in [6.07, 6.45) is 22.1. The smallest absolute Gasteiger partial charge is 0.0993 e. The van der Waals surface area contributed by atoms with Crippen molar-refractivity contribution in [3.63, 3.8) is 0 Å². The molecule has 8 heterocycles. The van der Waals surface area contributed by atoms with Gasteiger partial charge in [-0.15, -0.1) is 0 Å². The molecule has 8 nitrogen and oxygen atoms in total. The third-order valence-electron chi connectivity index (χ3n) is 20.8. The first kappa shape index (κ1) is 51.5. The molecule has 2 aliphatic heterocycles. The summed E-state index contributed by atoms with van der Waals surface area (Å²) in [5.74, 6) is 0.365. The summed E-state index contributed by atoms with van der Waals surface area (Å²) < 4.78 is 4.93. The molecule has 438 valence electrons. The van der Waals surface area contributed by atoms with Crippen molar-refractivity contribution in [3.05, 3.63) is 315 Å². The minimum atomic E-state index is 0.0431. The first-order chi connectivity index (χ1) is 46.7. The maximum absolute atomic E-state index is 5.59. The van der Waals surface area contributed by atoms with Gasteiger partial charge in [0, 0.05) is 106 Å². The number of allylic oxidation sites excluding steroid dienone is 4. The Morgan fingerprint density at radius 1 is 0.319 bits per heavy atom. The predicted octanol–water partition coefficient (Wildman–Crippen LogP) is 21.2. The molecule has 0 saturated carbocycles. The highest BCUT2D eigenvalue weighted by Crippen LogP contribution is 2.55. The lowest BCUT2D eigenvalue weighted by atomic mass is 9.91. The van der Waals surface area contributed by atoms with E-state index in [4.69, 9.17) is 19.9 Å². The molecule has 6 aromatic heterocycles. The van der Waals surface area contributed by atoms with E-state index in [0.717, 1.165) is 105 Å². The van der Waals surface area contributed by atoms with Crippen molar-refractivity contribution in [2.24, 2.45) is 0 Å². The normalized spacial score (nSPS) is 17.1. The van der Waals surface area contributed by atoms with Crippen molar-refractivity contribution >= 4 is 132 Å². The van der Waals surface area contributed by atoms with E-state index < -0.39 is 0 Å². The van der Waals surface area contributed by atoms with Gasteiger partial charge in [-0.25, -0.2) is 9.97 Å². The maximum atomic E-state index is 5.59. The molecule has 0 amide bonds. The Hall–Kier alpha value is -12.3. The van der Waals surface area contributed by atoms with E-state index in [-0.39, 0.29) is 23.9 Å². The molecule has 0 fully saturated rings. The standard InChI is InChI=1S/C86H54N8/c1-2-18-54(19-3-1)92-75-29-13-7-22-60(75)64-42-43-65-61-23-8-14-30-76(61)93(86(65)85(64)92)55-36-32-51(33-37-55)79-66-39-35-53(49-72(66)90-82-68(79)40-34-52-17-16-47-87-80(52)82)57-46-48-88-81-63(57)41-44-69-83(81)89-71-26-10-4-25-67(71)84(69)94-77-31-15-9-24-62(77)70-50-56(38-45-78(70)94)91-73-27-11-5-20-58(73)59-21-6-12-28-74(59)91/h1-50,60,62,75,77H. The fraction of sp³-hybridized carbons (Fsp3) is 0.0465. The largest absolute Gasteiger partial charge is 0.332 e. The Kier molecular flexibility index (Phi) is 10.7. The molecule has 0 saturated heterocycles. The van der Waals surface area contributed by atoms with Gasteiger partial charge in [-0.3, -0.25) is 9.97 Å². The molecule has 0 spiro atoms. The van der Waals surface area contributed by atoms with Crippen LogP contribution < -0.4 is 9.80 Å². The van der Waals surface area contributed by atoms with Gasteiger partial charge in [0.15, 0.2) is 0 Å². The van der Waals surface area contributed by atoms with Gasteiger partial charge >= 0.3 is 0 Å². The summed E-state index contributed by atoms with van der Waals surface area (Å²) in [4.78, 5) is 26.5. The van der Waals surface area contributed by atoms with Crippen molar-refractivity contribution in [1.29, 1.82) is 0 Å². The third-order valence-corrected chi connectivity index (χ3v) is 20.8. The van der Waals surface area contributed by atoms with Crippen LogP contribution in [0, 0.1) is 0 Å². The Morgan fingerprint density at radius 2 is 0.926 bits per heavy atom. The van der Waals surface area contributed by atoms with E-state index in [1.807, 2.05) is 18.5 Å². The minimum Gasteiger partial charge on any atom is -0.332 e. The lowest BCUT2D eigenvalue weighted by molar-refractivity contribution is 0.745. The molecule has 94 heavy (non-hydrogen) atoms. The van der Waals surface area contributed by atoms with E-state index >= 15 is 0 Å². The summed E-state index contributed by atoms with van der Waals surface area (Å²) >= 11 is 0. The number of benzene rings is 11. The summed E-state index contributed by atoms with van der Waals surface area (Å²) in [5, 5.41) is 11.3. The third kappa shape index (κ3) is 7.22. The van der Waals surface area contributed by atoms with Crippen molar-refractivity contribution in [3.8, 4) is 33.6 Å². The maximum Gasteiger partial charge on any atom is 0.0993 e. The molecule has 0 N–H and O–H groups in total. The molecular weight excluding hydrogens is 1150 g/mol. The van der Waals surface area contributed by atoms with Crippen LogP contribution in [0.2, 0.25) is 0 Å². The number of hydrogen-bond donors (Lipinski definition) is 0. The molecule has 17 aromatic rings. The number of aromatic nitrogens is 6. The highest BCUT2D eigenvalue weighted by atomic mass is 15.2. The van der Waals surface area contributed by atoms with Gasteiger partial charge in [-0.05, 0) is 119 Å². The molecule has 4 aliphatic rings. The average molecular weight is 1200 g/mol. The van der Waals surface area contributed by atoms with Crippen LogP contribution in [0.25, 0.3) is 143 Å². The van der Waals surface area contributed by atoms with E-state index in [1.165, 1.54) is 71.8 Å². The van der Waals surface area contributed by atoms with E-state index in [2.05, 4.69) is 304 Å². The Balaban J connectivity index is 0.715. The van der Waals surface area contributed by atoms with Crippen molar-refractivity contribution in [2.75, 3.05) is 9.80 Å². The number of anilines is 4. The Bertz CT molecular complexity index is 6230. The zero-order valence-electron chi connectivity index (χ0n) is 50.8. The molecule has 4 unspecified atom stereocenters. The van der Waals surface area contributed by atoms with Crippen LogP contribution in [0.3, 0.4) is 0 Å². The van der Waals surface area contributed by atoms with Crippen molar-refractivity contribution < 1.29 is 0 Å². The fourth-order valence-electron chi connectivity index (χ4n) is 16.8. The lowest BCUT2D eigenvalue weighted by Crippen LogP contribution is -2.29. The highest BCUT2D eigenvalue weighted by Gasteiger charge is 2.41. The quantitative estimate of drug-likeness (QED) is 0.122. The second kappa shape index (κ2) is 19.6. The molecule has 0 radical (unpaired) electrons. The average Bonchev–Trinajstić information content (AvgIpc) is 1.46. The van der Waals surface area contributed by atoms with Gasteiger partial charge in [-0.2, -0.15) is 0 Å². The first-order valence-electron chi connectivity index (χ1n) is 32.5. The molecular formula is C86H54N8. The second-order valence-corrected chi connectivity index (χ2v) is 25.5. The van der Waals surface area contributed by atoms with Gasteiger partial charge < -0.3 is 18.9 Å². The summed E-state index contributed by atoms with van der Waals surface area (Å²) in [6.45, 7) is 0. The molecule has 21 rings (SSSR count). The van der Waals surface area contributed by atoms with Gasteiger partial charge in [-0.1, -0.05) is 200 Å². The molecule has 4 atom stereocenters. The van der Waals surface area contributed by atoms with Crippen LogP contribution in [-0.2, 0) is 0 Å². The van der Waals surface area contributed by atoms with Crippen LogP contribution >= 0.6 is 0 Å². The summed E-state index contributed by atoms with van der Waals surface area (Å²) in [5.41, 5.74) is 24.1. The minimum absolute atomic E-state index is 0.0431. The van der Waals surface area contributed by atoms with Crippen LogP contribution in [0.15, 0.2) is 304 Å². The number of pyridine rings is 4. The monoisotopic (exact) mass is 1200 g/mol. The van der Waals surface area contributed by atoms with Gasteiger partial charge in [0.05, 0.1) is 78.6 Å². The van der Waals surface area contributed by atoms with Crippen molar-refractivity contribution in [2.45, 2.75) is 23.9 Å². The Labute approximate surface area is 539 Å². The first-order valence-corrected chi connectivity index (χ1v) is 32.5. The fourth-order valence-corrected chi connectivity index (χ4v) is 16.8. The second-order valence-electron chi connectivity index (χ2n) is 25.5. The number of hydrogen-bond acceptors (Lipinski definition) is 6. The lowest BCUT2D eigenvalue weighted by Gasteiger charge is -2.31. The molecule has 0 bridgehead atoms. The zero-order chi connectivity index (χ0) is 61.3. The van der Waals surface area contributed by atoms with E-state index in [9.17, 15) is 0 Å². The van der Waals surface area contributed by atoms with E-state index in [1.54, 1.807) is 0 Å². The van der Waals surface area contributed by atoms with Gasteiger partial charge in [0.25, 0.3) is 0 Å². The number of fused-ring (bicyclic) bond motifs is 21. The van der Waals surface area contributed by atoms with Crippen LogP contribution in [0.5, 0.6) is 0 Å². The van der Waals surface area contributed by atoms with Gasteiger partial charge in [0.1, 0.15) is 0 Å². The number of nitrogens with zero attached hydrogens (tertiary/aromatic N) is 8. The summed E-state index contributed by atoms with van der Waals surface area (Å²) in [6, 6.07) is 89.3. The SMILES string of the molecule is C1=CC2c3cc(-n4c5ccccc5c5ccccc54)ccc3N(c3c4ccccc4nc4c3ccc3c(-c5ccc6c(-c7ccc(-n8c9ccccc9c9ccc%10c(c98)N(c8ccccc8)C8C=CC=CC%108)cc7)c7ccc8cccnc8c7nc6c5)ccnc34)C2C=C1. The Morgan fingerprint density at radius 3 is 1.72 bits per heavy atom. The van der Waals surface area contributed by atoms with E-state index in [0.29, 0.717) is 0 Å². The molecule has 11 aromatic carbocycles. The predicted molar refractivity (Wildman–Crippen MR) is 389 cm³/mol. The van der Waals surface area contributed by atoms with Crippen LogP contribution in [0.4, 0.5) is 22.7 Å². The molecule has 8 heteroatoms. The van der Waals surface area contributed by atoms with Crippen LogP contribution in [0.1, 0.15) is 23.0 Å². The van der Waals surface area contributed by atoms with Gasteiger partial charge in [0.2, 0.25) is 0 Å². The molecule has 2 aliphatic carbocycles. The number of para-hydroxylation sites is 5. The van der Waals surface area contributed by atoms with Crippen LogP contribution in [-0.4, -0.2) is 41.2 Å². The highest BCUT2D eigenvalue weighted by molar-refractivity contribution is 6.21. The number of rotatable bonds is 6. The van der Waals surface area contributed by atoms with Crippen molar-refractivity contribution in [1.82, 2.24) is 29.1 Å². The summed E-state index contributed by atoms with van der Waals surface area (Å²) in [7, 11) is 0. The zero-order valence-corrected chi connectivity index (χ0v) is 50.8. The topological polar surface area (TPSA) is 67.9 Å².